The molecule has 1 N–H and O–H groups in total. The van der Waals surface area contributed by atoms with Crippen molar-refractivity contribution in [2.45, 2.75) is 32.8 Å². The average Bonchev–Trinajstić information content (AvgIpc) is 2.77. The fourth-order valence-electron chi connectivity index (χ4n) is 2.01. The van der Waals surface area contributed by atoms with Crippen LogP contribution in [0.15, 0.2) is 24.3 Å². The number of ketones is 1. The first kappa shape index (κ1) is 14.5. The number of thiophene rings is 1. The molecule has 0 amide bonds. The molecule has 106 valence electrons. The van der Waals surface area contributed by atoms with Crippen molar-refractivity contribution in [3.8, 4) is 5.75 Å². The Hall–Kier alpha value is -1.88. The molecule has 0 radical (unpaired) electrons. The van der Waals surface area contributed by atoms with E-state index >= 15 is 0 Å². The van der Waals surface area contributed by atoms with Crippen molar-refractivity contribution >= 4 is 33.2 Å². The van der Waals surface area contributed by atoms with Gasteiger partial charge in [0.1, 0.15) is 10.6 Å². The van der Waals surface area contributed by atoms with Crippen molar-refractivity contribution in [3.05, 3.63) is 29.1 Å². The third kappa shape index (κ3) is 2.82. The zero-order valence-electron chi connectivity index (χ0n) is 11.4. The molecule has 0 bridgehead atoms. The predicted molar refractivity (Wildman–Crippen MR) is 78.8 cm³/mol. The summed E-state index contributed by atoms with van der Waals surface area (Å²) in [6, 6.07) is 7.47. The Balaban J connectivity index is 2.48. The van der Waals surface area contributed by atoms with Crippen LogP contribution in [0.1, 0.15) is 36.4 Å². The molecule has 0 saturated carbocycles. The summed E-state index contributed by atoms with van der Waals surface area (Å²) < 4.78 is 6.58. The second-order valence-electron chi connectivity index (χ2n) is 4.55. The third-order valence-corrected chi connectivity index (χ3v) is 4.21. The summed E-state index contributed by atoms with van der Waals surface area (Å²) >= 11 is 1.34. The molecular weight excluding hydrogens is 276 g/mol. The minimum absolute atomic E-state index is 0.109. The van der Waals surface area contributed by atoms with Gasteiger partial charge in [-0.2, -0.15) is 0 Å². The van der Waals surface area contributed by atoms with E-state index in [1.165, 1.54) is 18.3 Å². The van der Waals surface area contributed by atoms with Crippen molar-refractivity contribution < 1.29 is 19.4 Å². The van der Waals surface area contributed by atoms with Gasteiger partial charge >= 0.3 is 5.97 Å². The van der Waals surface area contributed by atoms with E-state index < -0.39 is 12.1 Å². The Bertz CT molecular complexity index is 644. The lowest BCUT2D eigenvalue weighted by atomic mass is 10.2. The summed E-state index contributed by atoms with van der Waals surface area (Å²) in [6.07, 6.45) is 0.196. The van der Waals surface area contributed by atoms with E-state index in [2.05, 4.69) is 0 Å². The van der Waals surface area contributed by atoms with Gasteiger partial charge in [0.15, 0.2) is 11.9 Å². The minimum atomic E-state index is -1.00. The van der Waals surface area contributed by atoms with Gasteiger partial charge in [-0.15, -0.1) is 11.3 Å². The summed E-state index contributed by atoms with van der Waals surface area (Å²) in [7, 11) is 0. The monoisotopic (exact) mass is 292 g/mol. The molecule has 5 heteroatoms. The molecular formula is C15H16O4S. The van der Waals surface area contributed by atoms with Crippen LogP contribution < -0.4 is 4.74 Å². The van der Waals surface area contributed by atoms with Crippen LogP contribution in [-0.4, -0.2) is 23.0 Å². The van der Waals surface area contributed by atoms with E-state index in [4.69, 9.17) is 4.74 Å². The number of hydrogen-bond donors (Lipinski definition) is 1. The quantitative estimate of drug-likeness (QED) is 0.824. The predicted octanol–water partition coefficient (Wildman–Crippen LogP) is 3.74. The number of benzene rings is 1. The molecule has 2 aromatic rings. The fourth-order valence-corrected chi connectivity index (χ4v) is 3.04. The number of rotatable bonds is 6. The molecule has 1 aromatic carbocycles. The summed E-state index contributed by atoms with van der Waals surface area (Å²) in [6.45, 7) is 3.37. The van der Waals surface area contributed by atoms with E-state index in [1.807, 2.05) is 31.2 Å². The van der Waals surface area contributed by atoms with Crippen LogP contribution in [0.3, 0.4) is 0 Å². The highest BCUT2D eigenvalue weighted by atomic mass is 32.1. The number of Topliss-reactive ketones (excluding diaryl/α,β-unsaturated/α-hetero) is 1. The topological polar surface area (TPSA) is 63.6 Å². The largest absolute Gasteiger partial charge is 0.479 e. The fraction of sp³-hybridized carbons (Fsp3) is 0.333. The van der Waals surface area contributed by atoms with Crippen molar-refractivity contribution in [2.75, 3.05) is 0 Å². The zero-order valence-corrected chi connectivity index (χ0v) is 12.2. The molecule has 0 aliphatic rings. The SMILES string of the molecule is CCCC(Oc1c(C(C)=O)sc2ccccc12)C(=O)O. The standard InChI is InChI=1S/C15H16O4S/c1-3-6-11(15(17)18)19-13-10-7-4-5-8-12(10)20-14(13)9(2)16/h4-5,7-8,11H,3,6H2,1-2H3,(H,17,18). The first-order valence-corrected chi connectivity index (χ1v) is 7.28. The van der Waals surface area contributed by atoms with Gasteiger partial charge in [0.05, 0.1) is 0 Å². The van der Waals surface area contributed by atoms with Crippen LogP contribution >= 0.6 is 11.3 Å². The van der Waals surface area contributed by atoms with Crippen LogP contribution in [0.5, 0.6) is 5.75 Å². The molecule has 0 aliphatic heterocycles. The molecule has 0 fully saturated rings. The first-order valence-electron chi connectivity index (χ1n) is 6.46. The van der Waals surface area contributed by atoms with Crippen molar-refractivity contribution in [1.29, 1.82) is 0 Å². The summed E-state index contributed by atoms with van der Waals surface area (Å²) in [4.78, 5) is 23.4. The van der Waals surface area contributed by atoms with Crippen molar-refractivity contribution in [1.82, 2.24) is 0 Å². The first-order chi connectivity index (χ1) is 9.54. The number of carboxylic acids is 1. The highest BCUT2D eigenvalue weighted by Crippen LogP contribution is 2.38. The number of fused-ring (bicyclic) bond motifs is 1. The molecule has 4 nitrogen and oxygen atoms in total. The normalized spacial score (nSPS) is 12.3. The van der Waals surface area contributed by atoms with Crippen LogP contribution in [0.2, 0.25) is 0 Å². The highest BCUT2D eigenvalue weighted by molar-refractivity contribution is 7.21. The summed E-state index contributed by atoms with van der Waals surface area (Å²) in [5.74, 6) is -0.711. The number of aliphatic carboxylic acids is 1. The molecule has 1 aromatic heterocycles. The Labute approximate surface area is 121 Å². The van der Waals surface area contributed by atoms with E-state index in [1.54, 1.807) is 0 Å². The van der Waals surface area contributed by atoms with Crippen molar-refractivity contribution in [2.24, 2.45) is 0 Å². The van der Waals surface area contributed by atoms with Gasteiger partial charge in [-0.05, 0) is 18.6 Å². The van der Waals surface area contributed by atoms with Crippen LogP contribution in [-0.2, 0) is 4.79 Å². The number of carbonyl (C=O) groups excluding carboxylic acids is 1. The molecule has 20 heavy (non-hydrogen) atoms. The minimum Gasteiger partial charge on any atom is -0.479 e. The molecule has 2 rings (SSSR count). The van der Waals surface area contributed by atoms with Crippen LogP contribution in [0.25, 0.3) is 10.1 Å². The molecule has 0 spiro atoms. The highest BCUT2D eigenvalue weighted by Gasteiger charge is 2.24. The number of carbonyl (C=O) groups is 2. The lowest BCUT2D eigenvalue weighted by Gasteiger charge is -2.14. The van der Waals surface area contributed by atoms with Crippen LogP contribution in [0, 0.1) is 0 Å². The second-order valence-corrected chi connectivity index (χ2v) is 5.60. The summed E-state index contributed by atoms with van der Waals surface area (Å²) in [5, 5.41) is 9.99. The van der Waals surface area contributed by atoms with E-state index in [0.717, 1.165) is 10.1 Å². The number of hydrogen-bond acceptors (Lipinski definition) is 4. The van der Waals surface area contributed by atoms with Gasteiger partial charge in [-0.1, -0.05) is 25.5 Å². The Kier molecular flexibility index (Phi) is 4.39. The number of ether oxygens (including phenoxy) is 1. The van der Waals surface area contributed by atoms with Gasteiger partial charge in [-0.25, -0.2) is 4.79 Å². The maximum atomic E-state index is 11.7. The van der Waals surface area contributed by atoms with E-state index in [9.17, 15) is 14.7 Å². The Morgan fingerprint density at radius 2 is 2.05 bits per heavy atom. The van der Waals surface area contributed by atoms with Crippen LogP contribution in [0.4, 0.5) is 0 Å². The van der Waals surface area contributed by atoms with E-state index in [-0.39, 0.29) is 5.78 Å². The van der Waals surface area contributed by atoms with E-state index in [0.29, 0.717) is 23.5 Å². The van der Waals surface area contributed by atoms with Gasteiger partial charge in [0.2, 0.25) is 0 Å². The molecule has 0 saturated heterocycles. The lowest BCUT2D eigenvalue weighted by Crippen LogP contribution is -2.27. The van der Waals surface area contributed by atoms with Gasteiger partial charge < -0.3 is 9.84 Å². The maximum absolute atomic E-state index is 11.7. The number of carboxylic acid groups (broad SMARTS) is 1. The lowest BCUT2D eigenvalue weighted by molar-refractivity contribution is -0.145. The maximum Gasteiger partial charge on any atom is 0.344 e. The van der Waals surface area contributed by atoms with Crippen molar-refractivity contribution in [3.63, 3.8) is 0 Å². The summed E-state index contributed by atoms with van der Waals surface area (Å²) in [5.41, 5.74) is 0. The molecule has 1 heterocycles. The van der Waals surface area contributed by atoms with Gasteiger partial charge in [-0.3, -0.25) is 4.79 Å². The van der Waals surface area contributed by atoms with Gasteiger partial charge in [0, 0.05) is 17.0 Å². The van der Waals surface area contributed by atoms with Gasteiger partial charge in [0.25, 0.3) is 0 Å². The second kappa shape index (κ2) is 6.05. The molecule has 0 aliphatic carbocycles. The molecule has 1 atom stereocenters. The Morgan fingerprint density at radius 1 is 1.35 bits per heavy atom. The smallest absolute Gasteiger partial charge is 0.344 e. The third-order valence-electron chi connectivity index (χ3n) is 2.96. The Morgan fingerprint density at radius 3 is 2.65 bits per heavy atom. The average molecular weight is 292 g/mol. The zero-order chi connectivity index (χ0) is 14.7. The molecule has 1 unspecified atom stereocenters.